The molecule has 0 amide bonds. The summed E-state index contributed by atoms with van der Waals surface area (Å²) in [6, 6.07) is 16.1. The second kappa shape index (κ2) is 6.71. The lowest BCUT2D eigenvalue weighted by Crippen LogP contribution is -2.19. The fourth-order valence-electron chi connectivity index (χ4n) is 2.60. The van der Waals surface area contributed by atoms with Crippen LogP contribution in [0.1, 0.15) is 43.0 Å². The molecule has 1 atom stereocenters. The molecule has 0 aliphatic heterocycles. The Labute approximate surface area is 123 Å². The smallest absolute Gasteiger partial charge is 0.0317 e. The number of aryl methyl sites for hydroxylation is 2. The van der Waals surface area contributed by atoms with Crippen LogP contribution in [0, 0.1) is 13.8 Å². The molecule has 0 fully saturated rings. The molecule has 0 saturated carbocycles. The van der Waals surface area contributed by atoms with Crippen molar-refractivity contribution in [3.63, 3.8) is 0 Å². The van der Waals surface area contributed by atoms with Gasteiger partial charge in [-0.3, -0.25) is 0 Å². The zero-order valence-electron chi connectivity index (χ0n) is 13.0. The second-order valence-corrected chi connectivity index (χ2v) is 5.44. The predicted octanol–water partition coefficient (Wildman–Crippen LogP) is 5.03. The summed E-state index contributed by atoms with van der Waals surface area (Å²) in [7, 11) is 0. The third-order valence-corrected chi connectivity index (χ3v) is 3.99. The van der Waals surface area contributed by atoms with E-state index in [4.69, 9.17) is 0 Å². The summed E-state index contributed by atoms with van der Waals surface area (Å²) >= 11 is 0. The van der Waals surface area contributed by atoms with Crippen molar-refractivity contribution in [2.24, 2.45) is 0 Å². The highest BCUT2D eigenvalue weighted by Gasteiger charge is 2.08. The van der Waals surface area contributed by atoms with Gasteiger partial charge in [0.1, 0.15) is 0 Å². The monoisotopic (exact) mass is 267 g/mol. The molecule has 0 bridgehead atoms. The largest absolute Gasteiger partial charge is 0.310 e. The highest BCUT2D eigenvalue weighted by atomic mass is 14.9. The minimum atomic E-state index is 0.450. The van der Waals surface area contributed by atoms with E-state index in [-0.39, 0.29) is 0 Å². The molecular weight excluding hydrogens is 242 g/mol. The van der Waals surface area contributed by atoms with Crippen LogP contribution in [0.5, 0.6) is 0 Å². The Bertz CT molecular complexity index is 572. The maximum absolute atomic E-state index is 3.55. The number of benzene rings is 2. The third-order valence-electron chi connectivity index (χ3n) is 3.99. The lowest BCUT2D eigenvalue weighted by molar-refractivity contribution is 0.537. The lowest BCUT2D eigenvalue weighted by Gasteiger charge is -2.17. The molecule has 2 aromatic carbocycles. The topological polar surface area (TPSA) is 12.0 Å². The zero-order chi connectivity index (χ0) is 14.5. The summed E-state index contributed by atoms with van der Waals surface area (Å²) < 4.78 is 0. The Morgan fingerprint density at radius 3 is 2.30 bits per heavy atom. The normalized spacial score (nSPS) is 12.4. The molecule has 1 N–H and O–H groups in total. The van der Waals surface area contributed by atoms with Crippen LogP contribution >= 0.6 is 0 Å². The van der Waals surface area contributed by atoms with Crippen LogP contribution in [-0.2, 0) is 0 Å². The summed E-state index contributed by atoms with van der Waals surface area (Å²) in [6.07, 6.45) is 1.12. The summed E-state index contributed by atoms with van der Waals surface area (Å²) in [5.41, 5.74) is 6.70. The SMILES string of the molecule is CCNC(CC)c1cccc(-c2ccc(C)c(C)c2)c1. The fraction of sp³-hybridized carbons (Fsp3) is 0.368. The molecule has 106 valence electrons. The van der Waals surface area contributed by atoms with Crippen molar-refractivity contribution in [3.8, 4) is 11.1 Å². The van der Waals surface area contributed by atoms with E-state index in [9.17, 15) is 0 Å². The maximum atomic E-state index is 3.55. The van der Waals surface area contributed by atoms with E-state index >= 15 is 0 Å². The number of hydrogen-bond acceptors (Lipinski definition) is 1. The van der Waals surface area contributed by atoms with E-state index in [1.54, 1.807) is 0 Å². The Morgan fingerprint density at radius 1 is 0.900 bits per heavy atom. The zero-order valence-corrected chi connectivity index (χ0v) is 13.0. The minimum Gasteiger partial charge on any atom is -0.310 e. The Kier molecular flexibility index (Phi) is 4.97. The number of nitrogens with one attached hydrogen (secondary N) is 1. The average molecular weight is 267 g/mol. The molecule has 0 spiro atoms. The first-order valence-electron chi connectivity index (χ1n) is 7.56. The first kappa shape index (κ1) is 14.8. The van der Waals surface area contributed by atoms with E-state index in [1.165, 1.54) is 27.8 Å². The predicted molar refractivity (Wildman–Crippen MR) is 88.1 cm³/mol. The van der Waals surface area contributed by atoms with E-state index in [2.05, 4.69) is 75.5 Å². The molecule has 20 heavy (non-hydrogen) atoms. The van der Waals surface area contributed by atoms with E-state index in [1.807, 2.05) is 0 Å². The first-order valence-corrected chi connectivity index (χ1v) is 7.56. The van der Waals surface area contributed by atoms with Crippen molar-refractivity contribution < 1.29 is 0 Å². The first-order chi connectivity index (χ1) is 9.65. The van der Waals surface area contributed by atoms with Crippen molar-refractivity contribution in [1.82, 2.24) is 5.32 Å². The molecule has 1 nitrogen and oxygen atoms in total. The van der Waals surface area contributed by atoms with Gasteiger partial charge in [-0.05, 0) is 60.7 Å². The van der Waals surface area contributed by atoms with Crippen LogP contribution in [-0.4, -0.2) is 6.54 Å². The molecular formula is C19H25N. The van der Waals surface area contributed by atoms with Gasteiger partial charge < -0.3 is 5.32 Å². The van der Waals surface area contributed by atoms with Gasteiger partial charge in [-0.2, -0.15) is 0 Å². The standard InChI is InChI=1S/C19H25N/c1-5-19(20-6-2)18-9-7-8-16(13-18)17-11-10-14(3)15(4)12-17/h7-13,19-20H,5-6H2,1-4H3. The quantitative estimate of drug-likeness (QED) is 0.801. The molecule has 0 radical (unpaired) electrons. The molecule has 0 aliphatic carbocycles. The number of rotatable bonds is 5. The molecule has 0 aromatic heterocycles. The van der Waals surface area contributed by atoms with E-state index in [0.717, 1.165) is 13.0 Å². The molecule has 2 aromatic rings. The fourth-order valence-corrected chi connectivity index (χ4v) is 2.60. The van der Waals surface area contributed by atoms with Crippen molar-refractivity contribution in [2.45, 2.75) is 40.2 Å². The van der Waals surface area contributed by atoms with Crippen molar-refractivity contribution >= 4 is 0 Å². The van der Waals surface area contributed by atoms with Crippen LogP contribution in [0.4, 0.5) is 0 Å². The summed E-state index contributed by atoms with van der Waals surface area (Å²) in [5, 5.41) is 3.55. The molecule has 1 heteroatoms. The Morgan fingerprint density at radius 2 is 1.65 bits per heavy atom. The summed E-state index contributed by atoms with van der Waals surface area (Å²) in [6.45, 7) is 9.74. The highest BCUT2D eigenvalue weighted by molar-refractivity contribution is 5.65. The molecule has 0 aliphatic rings. The average Bonchev–Trinajstić information content (AvgIpc) is 2.47. The van der Waals surface area contributed by atoms with Crippen molar-refractivity contribution in [2.75, 3.05) is 6.54 Å². The molecule has 0 heterocycles. The van der Waals surface area contributed by atoms with Crippen molar-refractivity contribution in [1.29, 1.82) is 0 Å². The van der Waals surface area contributed by atoms with Gasteiger partial charge in [0, 0.05) is 6.04 Å². The van der Waals surface area contributed by atoms with Gasteiger partial charge >= 0.3 is 0 Å². The minimum absolute atomic E-state index is 0.450. The maximum Gasteiger partial charge on any atom is 0.0317 e. The van der Waals surface area contributed by atoms with E-state index in [0.29, 0.717) is 6.04 Å². The lowest BCUT2D eigenvalue weighted by atomic mass is 9.96. The van der Waals surface area contributed by atoms with Crippen LogP contribution in [0.3, 0.4) is 0 Å². The third kappa shape index (κ3) is 3.29. The molecule has 1 unspecified atom stereocenters. The van der Waals surface area contributed by atoms with Gasteiger partial charge in [0.25, 0.3) is 0 Å². The van der Waals surface area contributed by atoms with Gasteiger partial charge in [0.05, 0.1) is 0 Å². The molecule has 2 rings (SSSR count). The van der Waals surface area contributed by atoms with Crippen LogP contribution < -0.4 is 5.32 Å². The molecule has 0 saturated heterocycles. The Hall–Kier alpha value is -1.60. The summed E-state index contributed by atoms with van der Waals surface area (Å²) in [5.74, 6) is 0. The van der Waals surface area contributed by atoms with Crippen molar-refractivity contribution in [3.05, 3.63) is 59.2 Å². The van der Waals surface area contributed by atoms with Gasteiger partial charge in [-0.15, -0.1) is 0 Å². The second-order valence-electron chi connectivity index (χ2n) is 5.44. The highest BCUT2D eigenvalue weighted by Crippen LogP contribution is 2.26. The van der Waals surface area contributed by atoms with Crippen LogP contribution in [0.25, 0.3) is 11.1 Å². The van der Waals surface area contributed by atoms with E-state index < -0.39 is 0 Å². The number of hydrogen-bond donors (Lipinski definition) is 1. The van der Waals surface area contributed by atoms with Gasteiger partial charge in [-0.25, -0.2) is 0 Å². The van der Waals surface area contributed by atoms with Gasteiger partial charge in [-0.1, -0.05) is 50.2 Å². The van der Waals surface area contributed by atoms with Gasteiger partial charge in [0.15, 0.2) is 0 Å². The van der Waals surface area contributed by atoms with Crippen LogP contribution in [0.2, 0.25) is 0 Å². The van der Waals surface area contributed by atoms with Gasteiger partial charge in [0.2, 0.25) is 0 Å². The summed E-state index contributed by atoms with van der Waals surface area (Å²) in [4.78, 5) is 0. The van der Waals surface area contributed by atoms with Crippen LogP contribution in [0.15, 0.2) is 42.5 Å². The Balaban J connectivity index is 2.35.